The molecule has 0 atom stereocenters. The number of methoxy groups -OCH3 is 1. The molecule has 1 N–H and O–H groups in total. The van der Waals surface area contributed by atoms with Crippen LogP contribution in [0.5, 0.6) is 5.75 Å². The number of carbonyl (C=O) groups excluding carboxylic acids is 1. The van der Waals surface area contributed by atoms with Crippen LogP contribution in [0.4, 0.5) is 5.13 Å². The van der Waals surface area contributed by atoms with Crippen LogP contribution < -0.4 is 15.6 Å². The minimum absolute atomic E-state index is 0.0495. The van der Waals surface area contributed by atoms with Gasteiger partial charge in [-0.2, -0.15) is 5.10 Å². The van der Waals surface area contributed by atoms with Crippen LogP contribution in [-0.2, 0) is 18.3 Å². The minimum Gasteiger partial charge on any atom is -0.497 e. The lowest BCUT2D eigenvalue weighted by Crippen LogP contribution is -2.24. The number of nitrogens with one attached hydrogen (secondary N) is 1. The first-order valence-electron chi connectivity index (χ1n) is 8.24. The van der Waals surface area contributed by atoms with Crippen molar-refractivity contribution in [3.63, 3.8) is 0 Å². The Balaban J connectivity index is 1.61. The van der Waals surface area contributed by atoms with Gasteiger partial charge in [-0.25, -0.2) is 9.67 Å². The molecule has 4 aromatic rings. The van der Waals surface area contributed by atoms with Gasteiger partial charge < -0.3 is 10.1 Å². The first kappa shape index (κ1) is 17.2. The average Bonchev–Trinajstić information content (AvgIpc) is 3.06. The molecule has 0 spiro atoms. The van der Waals surface area contributed by atoms with Gasteiger partial charge in [0.05, 0.1) is 34.8 Å². The highest BCUT2D eigenvalue weighted by Gasteiger charge is 2.14. The van der Waals surface area contributed by atoms with Gasteiger partial charge in [0.2, 0.25) is 5.91 Å². The Hall–Kier alpha value is -3.26. The van der Waals surface area contributed by atoms with Gasteiger partial charge in [-0.05, 0) is 24.3 Å². The summed E-state index contributed by atoms with van der Waals surface area (Å²) in [7, 11) is 3.19. The summed E-state index contributed by atoms with van der Waals surface area (Å²) >= 11 is 1.38. The Morgan fingerprint density at radius 1 is 1.22 bits per heavy atom. The third-order valence-electron chi connectivity index (χ3n) is 4.20. The number of hydrogen-bond acceptors (Lipinski definition) is 6. The number of nitrogens with zero attached hydrogens (tertiary/aromatic N) is 3. The topological polar surface area (TPSA) is 86.1 Å². The Labute approximate surface area is 158 Å². The molecule has 4 rings (SSSR count). The summed E-state index contributed by atoms with van der Waals surface area (Å²) < 4.78 is 7.39. The van der Waals surface area contributed by atoms with Crippen molar-refractivity contribution in [2.24, 2.45) is 7.05 Å². The molecule has 0 radical (unpaired) electrons. The fraction of sp³-hybridized carbons (Fsp3) is 0.158. The standard InChI is InChI=1S/C19H16N4O3S/c1-23-18(25)13-6-4-3-5-12(13)15(22-23)10-17(24)21-19-20-14-8-7-11(26-2)9-16(14)27-19/h3-9H,10H2,1-2H3,(H,20,21,24). The number of rotatable bonds is 4. The molecule has 2 aromatic heterocycles. The van der Waals surface area contributed by atoms with E-state index in [1.165, 1.54) is 16.0 Å². The zero-order valence-electron chi connectivity index (χ0n) is 14.7. The molecule has 8 heteroatoms. The van der Waals surface area contributed by atoms with Gasteiger partial charge in [-0.3, -0.25) is 9.59 Å². The number of hydrogen-bond donors (Lipinski definition) is 1. The van der Waals surface area contributed by atoms with Crippen molar-refractivity contribution in [1.82, 2.24) is 14.8 Å². The van der Waals surface area contributed by atoms with E-state index < -0.39 is 0 Å². The van der Waals surface area contributed by atoms with Gasteiger partial charge >= 0.3 is 0 Å². The van der Waals surface area contributed by atoms with E-state index in [4.69, 9.17) is 4.74 Å². The van der Waals surface area contributed by atoms with Crippen LogP contribution in [0.25, 0.3) is 21.0 Å². The van der Waals surface area contributed by atoms with Crippen LogP contribution in [0.2, 0.25) is 0 Å². The summed E-state index contributed by atoms with van der Waals surface area (Å²) in [4.78, 5) is 29.1. The molecule has 0 aliphatic heterocycles. The molecule has 0 bridgehead atoms. The first-order chi connectivity index (χ1) is 13.0. The van der Waals surface area contributed by atoms with Crippen molar-refractivity contribution in [2.45, 2.75) is 6.42 Å². The summed E-state index contributed by atoms with van der Waals surface area (Å²) in [5, 5.41) is 8.82. The van der Waals surface area contributed by atoms with Crippen LogP contribution in [0, 0.1) is 0 Å². The second-order valence-electron chi connectivity index (χ2n) is 6.00. The highest BCUT2D eigenvalue weighted by atomic mass is 32.1. The third kappa shape index (κ3) is 3.26. The molecule has 7 nitrogen and oxygen atoms in total. The lowest BCUT2D eigenvalue weighted by molar-refractivity contribution is -0.115. The summed E-state index contributed by atoms with van der Waals surface area (Å²) in [5.41, 5.74) is 1.16. The highest BCUT2D eigenvalue weighted by molar-refractivity contribution is 7.22. The summed E-state index contributed by atoms with van der Waals surface area (Å²) in [6.45, 7) is 0. The zero-order valence-corrected chi connectivity index (χ0v) is 15.5. The molecular formula is C19H16N4O3S. The predicted octanol–water partition coefficient (Wildman–Crippen LogP) is 2.73. The van der Waals surface area contributed by atoms with Crippen LogP contribution >= 0.6 is 11.3 Å². The number of benzene rings is 2. The number of aromatic nitrogens is 3. The first-order valence-corrected chi connectivity index (χ1v) is 9.06. The molecule has 0 saturated carbocycles. The molecule has 0 saturated heterocycles. The minimum atomic E-state index is -0.239. The average molecular weight is 380 g/mol. The van der Waals surface area contributed by atoms with Crippen molar-refractivity contribution in [3.05, 3.63) is 58.5 Å². The van der Waals surface area contributed by atoms with Crippen molar-refractivity contribution >= 4 is 43.4 Å². The van der Waals surface area contributed by atoms with E-state index in [0.29, 0.717) is 21.6 Å². The molecular weight excluding hydrogens is 364 g/mol. The smallest absolute Gasteiger partial charge is 0.274 e. The molecule has 136 valence electrons. The Morgan fingerprint density at radius 2 is 2.00 bits per heavy atom. The fourth-order valence-corrected chi connectivity index (χ4v) is 3.82. The number of anilines is 1. The molecule has 0 unspecified atom stereocenters. The SMILES string of the molecule is COc1ccc2nc(NC(=O)Cc3nn(C)c(=O)c4ccccc34)sc2c1. The van der Waals surface area contributed by atoms with Crippen molar-refractivity contribution in [3.8, 4) is 5.75 Å². The number of amides is 1. The molecule has 0 aliphatic rings. The van der Waals surface area contributed by atoms with E-state index in [-0.39, 0.29) is 17.9 Å². The van der Waals surface area contributed by atoms with Crippen molar-refractivity contribution in [1.29, 1.82) is 0 Å². The van der Waals surface area contributed by atoms with E-state index in [9.17, 15) is 9.59 Å². The van der Waals surface area contributed by atoms with Gasteiger partial charge in [0.25, 0.3) is 5.56 Å². The lowest BCUT2D eigenvalue weighted by atomic mass is 10.1. The quantitative estimate of drug-likeness (QED) is 0.588. The summed E-state index contributed by atoms with van der Waals surface area (Å²) in [5.74, 6) is 0.502. The Morgan fingerprint density at radius 3 is 2.78 bits per heavy atom. The van der Waals surface area contributed by atoms with Gasteiger partial charge in [0, 0.05) is 12.4 Å². The molecule has 27 heavy (non-hydrogen) atoms. The van der Waals surface area contributed by atoms with Crippen molar-refractivity contribution < 1.29 is 9.53 Å². The maximum atomic E-state index is 12.5. The fourth-order valence-electron chi connectivity index (χ4n) is 2.91. The lowest BCUT2D eigenvalue weighted by Gasteiger charge is -2.07. The highest BCUT2D eigenvalue weighted by Crippen LogP contribution is 2.29. The van der Waals surface area contributed by atoms with Crippen LogP contribution in [0.1, 0.15) is 5.69 Å². The number of carbonyl (C=O) groups is 1. The third-order valence-corrected chi connectivity index (χ3v) is 5.14. The number of ether oxygens (including phenoxy) is 1. The van der Waals surface area contributed by atoms with Crippen LogP contribution in [-0.4, -0.2) is 27.8 Å². The van der Waals surface area contributed by atoms with Gasteiger partial charge in [0.15, 0.2) is 5.13 Å². The number of aryl methyl sites for hydroxylation is 1. The van der Waals surface area contributed by atoms with Gasteiger partial charge in [-0.1, -0.05) is 29.5 Å². The summed E-state index contributed by atoms with van der Waals surface area (Å²) in [6.07, 6.45) is 0.0495. The van der Waals surface area contributed by atoms with E-state index in [0.717, 1.165) is 16.0 Å². The second-order valence-corrected chi connectivity index (χ2v) is 7.03. The molecule has 0 fully saturated rings. The van der Waals surface area contributed by atoms with E-state index in [1.807, 2.05) is 24.3 Å². The van der Waals surface area contributed by atoms with E-state index >= 15 is 0 Å². The van der Waals surface area contributed by atoms with Crippen LogP contribution in [0.3, 0.4) is 0 Å². The molecule has 2 heterocycles. The monoisotopic (exact) mass is 380 g/mol. The maximum Gasteiger partial charge on any atom is 0.274 e. The Kier molecular flexibility index (Phi) is 4.33. The van der Waals surface area contributed by atoms with E-state index in [1.54, 1.807) is 32.4 Å². The van der Waals surface area contributed by atoms with Crippen LogP contribution in [0.15, 0.2) is 47.3 Å². The van der Waals surface area contributed by atoms with E-state index in [2.05, 4.69) is 15.4 Å². The van der Waals surface area contributed by atoms with Gasteiger partial charge in [-0.15, -0.1) is 0 Å². The second kappa shape index (κ2) is 6.81. The normalized spacial score (nSPS) is 11.0. The van der Waals surface area contributed by atoms with Crippen molar-refractivity contribution in [2.75, 3.05) is 12.4 Å². The molecule has 2 aromatic carbocycles. The van der Waals surface area contributed by atoms with Gasteiger partial charge in [0.1, 0.15) is 5.75 Å². The Bertz CT molecular complexity index is 1230. The number of thiazole rings is 1. The zero-order chi connectivity index (χ0) is 19.0. The summed E-state index contributed by atoms with van der Waals surface area (Å²) in [6, 6.07) is 12.7. The largest absolute Gasteiger partial charge is 0.497 e. The predicted molar refractivity (Wildman–Crippen MR) is 105 cm³/mol. The molecule has 0 aliphatic carbocycles. The maximum absolute atomic E-state index is 12.5. The number of fused-ring (bicyclic) bond motifs is 2. The molecule has 1 amide bonds.